The van der Waals surface area contributed by atoms with Crippen LogP contribution in [0.2, 0.25) is 0 Å². The van der Waals surface area contributed by atoms with E-state index in [1.54, 1.807) is 30.3 Å². The van der Waals surface area contributed by atoms with Gasteiger partial charge in [0, 0.05) is 24.3 Å². The summed E-state index contributed by atoms with van der Waals surface area (Å²) in [4.78, 5) is 14.5. The normalized spacial score (nSPS) is 12.1. The summed E-state index contributed by atoms with van der Waals surface area (Å²) in [6.45, 7) is 1.49. The molecule has 4 aromatic carbocycles. The Kier molecular flexibility index (Phi) is 6.57. The van der Waals surface area contributed by atoms with Crippen molar-refractivity contribution in [2.45, 2.75) is 13.1 Å². The standard InChI is InChI=1S/C30H24FNO3/c31-26-12-14-27(15-13-26)32(20-24-11-17-29-30(18-24)35-21-34-29)19-23-8-6-22(7-9-23)10-16-28(33)25-4-2-1-3-5-25/h1-18H,19-21H2/b16-10+. The average molecular weight is 466 g/mol. The molecule has 0 spiro atoms. The molecule has 0 N–H and O–H groups in total. The van der Waals surface area contributed by atoms with Gasteiger partial charge in [0.05, 0.1) is 0 Å². The Labute approximate surface area is 203 Å². The number of nitrogens with zero attached hydrogens (tertiary/aromatic N) is 1. The maximum atomic E-state index is 13.6. The molecule has 0 saturated heterocycles. The van der Waals surface area contributed by atoms with Gasteiger partial charge in [0.2, 0.25) is 6.79 Å². The fourth-order valence-electron chi connectivity index (χ4n) is 3.98. The predicted octanol–water partition coefficient (Wildman–Crippen LogP) is 6.66. The molecular formula is C30H24FNO3. The minimum Gasteiger partial charge on any atom is -0.454 e. The Morgan fingerprint density at radius 1 is 0.800 bits per heavy atom. The molecular weight excluding hydrogens is 441 g/mol. The SMILES string of the molecule is O=C(/C=C/c1ccc(CN(Cc2ccc3c(c2)OCO3)c2ccc(F)cc2)cc1)c1ccccc1. The number of rotatable bonds is 8. The van der Waals surface area contributed by atoms with Crippen molar-refractivity contribution in [3.8, 4) is 11.5 Å². The molecule has 4 nitrogen and oxygen atoms in total. The van der Waals surface area contributed by atoms with Gasteiger partial charge < -0.3 is 14.4 Å². The smallest absolute Gasteiger partial charge is 0.231 e. The van der Waals surface area contributed by atoms with Crippen LogP contribution in [0.5, 0.6) is 11.5 Å². The molecule has 0 radical (unpaired) electrons. The second-order valence-corrected chi connectivity index (χ2v) is 8.33. The minimum absolute atomic E-state index is 0.0270. The number of benzene rings is 4. The van der Waals surface area contributed by atoms with Crippen LogP contribution in [0.4, 0.5) is 10.1 Å². The number of ether oxygens (including phenoxy) is 2. The number of hydrogen-bond acceptors (Lipinski definition) is 4. The van der Waals surface area contributed by atoms with Crippen LogP contribution in [0.3, 0.4) is 0 Å². The molecule has 0 unspecified atom stereocenters. The van der Waals surface area contributed by atoms with Crippen molar-refractivity contribution in [2.24, 2.45) is 0 Å². The van der Waals surface area contributed by atoms with Gasteiger partial charge in [-0.15, -0.1) is 0 Å². The molecule has 0 aromatic heterocycles. The van der Waals surface area contributed by atoms with E-state index < -0.39 is 0 Å². The Morgan fingerprint density at radius 3 is 2.26 bits per heavy atom. The van der Waals surface area contributed by atoms with E-state index in [0.29, 0.717) is 18.7 Å². The Balaban J connectivity index is 1.32. The van der Waals surface area contributed by atoms with Crippen molar-refractivity contribution >= 4 is 17.5 Å². The summed E-state index contributed by atoms with van der Waals surface area (Å²) in [5.41, 5.74) is 4.70. The van der Waals surface area contributed by atoms with Crippen molar-refractivity contribution in [2.75, 3.05) is 11.7 Å². The first-order valence-electron chi connectivity index (χ1n) is 11.4. The molecule has 1 heterocycles. The van der Waals surface area contributed by atoms with E-state index in [9.17, 15) is 9.18 Å². The summed E-state index contributed by atoms with van der Waals surface area (Å²) in [6, 6.07) is 29.7. The van der Waals surface area contributed by atoms with Gasteiger partial charge in [0.1, 0.15) is 5.82 Å². The fraction of sp³-hybridized carbons (Fsp3) is 0.100. The molecule has 5 rings (SSSR count). The third-order valence-corrected chi connectivity index (χ3v) is 5.84. The number of carbonyl (C=O) groups is 1. The first-order valence-corrected chi connectivity index (χ1v) is 11.4. The van der Waals surface area contributed by atoms with E-state index in [1.807, 2.05) is 66.7 Å². The monoisotopic (exact) mass is 465 g/mol. The maximum Gasteiger partial charge on any atom is 0.231 e. The van der Waals surface area contributed by atoms with Crippen LogP contribution in [0.1, 0.15) is 27.0 Å². The molecule has 5 heteroatoms. The predicted molar refractivity (Wildman–Crippen MR) is 135 cm³/mol. The number of halogens is 1. The van der Waals surface area contributed by atoms with Gasteiger partial charge in [0.15, 0.2) is 17.3 Å². The third-order valence-electron chi connectivity index (χ3n) is 5.84. The first kappa shape index (κ1) is 22.4. The Morgan fingerprint density at radius 2 is 1.49 bits per heavy atom. The van der Waals surface area contributed by atoms with Crippen LogP contribution >= 0.6 is 0 Å². The minimum atomic E-state index is -0.266. The molecule has 174 valence electrons. The summed E-state index contributed by atoms with van der Waals surface area (Å²) < 4.78 is 24.5. The number of anilines is 1. The molecule has 0 atom stereocenters. The number of fused-ring (bicyclic) bond motifs is 1. The van der Waals surface area contributed by atoms with Crippen LogP contribution in [0, 0.1) is 5.82 Å². The maximum absolute atomic E-state index is 13.6. The molecule has 0 amide bonds. The summed E-state index contributed by atoms with van der Waals surface area (Å²) in [5, 5.41) is 0. The highest BCUT2D eigenvalue weighted by atomic mass is 19.1. The van der Waals surface area contributed by atoms with Gasteiger partial charge >= 0.3 is 0 Å². The second kappa shape index (κ2) is 10.3. The van der Waals surface area contributed by atoms with E-state index in [0.717, 1.165) is 33.9 Å². The third kappa shape index (κ3) is 5.58. The van der Waals surface area contributed by atoms with Crippen molar-refractivity contribution in [3.63, 3.8) is 0 Å². The molecule has 0 saturated carbocycles. The lowest BCUT2D eigenvalue weighted by Gasteiger charge is -2.25. The van der Waals surface area contributed by atoms with Crippen molar-refractivity contribution in [3.05, 3.63) is 131 Å². The van der Waals surface area contributed by atoms with Gasteiger partial charge in [-0.05, 0) is 59.2 Å². The van der Waals surface area contributed by atoms with E-state index in [-0.39, 0.29) is 18.4 Å². The molecule has 4 aromatic rings. The van der Waals surface area contributed by atoms with E-state index in [2.05, 4.69) is 4.90 Å². The zero-order chi connectivity index (χ0) is 24.0. The fourth-order valence-corrected chi connectivity index (χ4v) is 3.98. The van der Waals surface area contributed by atoms with Crippen molar-refractivity contribution in [1.29, 1.82) is 0 Å². The zero-order valence-corrected chi connectivity index (χ0v) is 19.1. The molecule has 0 aliphatic carbocycles. The summed E-state index contributed by atoms with van der Waals surface area (Å²) in [6.07, 6.45) is 3.41. The zero-order valence-electron chi connectivity index (χ0n) is 19.1. The molecule has 35 heavy (non-hydrogen) atoms. The van der Waals surface area contributed by atoms with Crippen LogP contribution in [-0.4, -0.2) is 12.6 Å². The van der Waals surface area contributed by atoms with E-state index in [1.165, 1.54) is 12.1 Å². The molecule has 0 bridgehead atoms. The lowest BCUT2D eigenvalue weighted by Crippen LogP contribution is -2.22. The van der Waals surface area contributed by atoms with Gasteiger partial charge in [-0.25, -0.2) is 4.39 Å². The topological polar surface area (TPSA) is 38.8 Å². The highest BCUT2D eigenvalue weighted by Crippen LogP contribution is 2.33. The van der Waals surface area contributed by atoms with Gasteiger partial charge in [-0.2, -0.15) is 0 Å². The second-order valence-electron chi connectivity index (χ2n) is 8.33. The van der Waals surface area contributed by atoms with Crippen molar-refractivity contribution in [1.82, 2.24) is 0 Å². The number of ketones is 1. The lowest BCUT2D eigenvalue weighted by molar-refractivity contribution is 0.104. The largest absolute Gasteiger partial charge is 0.454 e. The highest BCUT2D eigenvalue weighted by molar-refractivity contribution is 6.06. The van der Waals surface area contributed by atoms with E-state index >= 15 is 0 Å². The summed E-state index contributed by atoms with van der Waals surface area (Å²) in [5.74, 6) is 1.19. The Hall–Kier alpha value is -4.38. The summed E-state index contributed by atoms with van der Waals surface area (Å²) in [7, 11) is 0. The first-order chi connectivity index (χ1) is 17.1. The van der Waals surface area contributed by atoms with Gasteiger partial charge in [-0.1, -0.05) is 66.7 Å². The summed E-state index contributed by atoms with van der Waals surface area (Å²) >= 11 is 0. The molecule has 1 aliphatic heterocycles. The van der Waals surface area contributed by atoms with Gasteiger partial charge in [0.25, 0.3) is 0 Å². The lowest BCUT2D eigenvalue weighted by atomic mass is 10.1. The molecule has 0 fully saturated rings. The van der Waals surface area contributed by atoms with Crippen LogP contribution in [-0.2, 0) is 13.1 Å². The van der Waals surface area contributed by atoms with Gasteiger partial charge in [-0.3, -0.25) is 4.79 Å². The number of allylic oxidation sites excluding steroid dienone is 1. The highest BCUT2D eigenvalue weighted by Gasteiger charge is 2.15. The van der Waals surface area contributed by atoms with Crippen LogP contribution in [0.25, 0.3) is 6.08 Å². The molecule has 1 aliphatic rings. The van der Waals surface area contributed by atoms with Crippen molar-refractivity contribution < 1.29 is 18.7 Å². The van der Waals surface area contributed by atoms with E-state index in [4.69, 9.17) is 9.47 Å². The van der Waals surface area contributed by atoms with Crippen LogP contribution < -0.4 is 14.4 Å². The van der Waals surface area contributed by atoms with Crippen LogP contribution in [0.15, 0.2) is 103 Å². The Bertz CT molecular complexity index is 1330. The number of carbonyl (C=O) groups excluding carboxylic acids is 1. The quantitative estimate of drug-likeness (QED) is 0.216. The average Bonchev–Trinajstić information content (AvgIpc) is 3.37. The number of hydrogen-bond donors (Lipinski definition) is 0.